The molecule has 0 bridgehead atoms. The van der Waals surface area contributed by atoms with Crippen molar-refractivity contribution < 1.29 is 4.79 Å². The van der Waals surface area contributed by atoms with Crippen LogP contribution in [0.2, 0.25) is 5.02 Å². The van der Waals surface area contributed by atoms with Crippen LogP contribution < -0.4 is 5.32 Å². The zero-order valence-corrected chi connectivity index (χ0v) is 17.9. The van der Waals surface area contributed by atoms with E-state index in [-0.39, 0.29) is 6.03 Å². The highest BCUT2D eigenvalue weighted by Crippen LogP contribution is 2.27. The van der Waals surface area contributed by atoms with E-state index in [2.05, 4.69) is 19.2 Å². The van der Waals surface area contributed by atoms with Gasteiger partial charge >= 0.3 is 6.03 Å². The summed E-state index contributed by atoms with van der Waals surface area (Å²) in [5.74, 6) is 0. The van der Waals surface area contributed by atoms with Crippen molar-refractivity contribution in [2.75, 3.05) is 13.1 Å². The zero-order valence-electron chi connectivity index (χ0n) is 17.1. The second kappa shape index (κ2) is 12.2. The normalized spacial score (nSPS) is 11.4. The molecule has 0 saturated heterocycles. The largest absolute Gasteiger partial charge is 0.329 e. The number of carbonyl (C=O) groups excluding carboxylic acids is 1. The highest BCUT2D eigenvalue weighted by molar-refractivity contribution is 6.31. The summed E-state index contributed by atoms with van der Waals surface area (Å²) in [5.41, 5.74) is 0.451. The highest BCUT2D eigenvalue weighted by atomic mass is 35.5. The lowest BCUT2D eigenvalue weighted by Gasteiger charge is -2.32. The van der Waals surface area contributed by atoms with E-state index in [1.807, 2.05) is 43.0 Å². The Morgan fingerprint density at radius 2 is 1.50 bits per heavy atom. The quantitative estimate of drug-likeness (QED) is 0.399. The van der Waals surface area contributed by atoms with E-state index < -0.39 is 5.54 Å². The zero-order chi connectivity index (χ0) is 19.4. The first-order chi connectivity index (χ1) is 12.4. The van der Waals surface area contributed by atoms with Crippen LogP contribution in [0.15, 0.2) is 24.3 Å². The summed E-state index contributed by atoms with van der Waals surface area (Å²) in [6.45, 7) is 10.1. The average Bonchev–Trinajstić information content (AvgIpc) is 2.60. The molecule has 3 nitrogen and oxygen atoms in total. The number of nitrogens with one attached hydrogen (secondary N) is 1. The summed E-state index contributed by atoms with van der Waals surface area (Å²) in [7, 11) is 0. The van der Waals surface area contributed by atoms with Gasteiger partial charge in [0.05, 0.1) is 5.54 Å². The molecular weight excluding hydrogens is 344 g/mol. The second-order valence-electron chi connectivity index (χ2n) is 7.64. The predicted octanol–water partition coefficient (Wildman–Crippen LogP) is 6.75. The van der Waals surface area contributed by atoms with Crippen LogP contribution in [0.3, 0.4) is 0 Å². The molecule has 1 rings (SSSR count). The van der Waals surface area contributed by atoms with Crippen LogP contribution in [-0.4, -0.2) is 24.0 Å². The maximum Gasteiger partial charge on any atom is 0.318 e. The van der Waals surface area contributed by atoms with Gasteiger partial charge in [-0.05, 0) is 38.3 Å². The molecule has 2 amide bonds. The third kappa shape index (κ3) is 7.99. The molecule has 0 aliphatic carbocycles. The molecule has 0 aliphatic rings. The number of nitrogens with zero attached hydrogens (tertiary/aromatic N) is 1. The number of amides is 2. The number of urea groups is 1. The molecule has 0 aromatic heterocycles. The van der Waals surface area contributed by atoms with Gasteiger partial charge in [0.2, 0.25) is 0 Å². The lowest BCUT2D eigenvalue weighted by atomic mass is 9.94. The van der Waals surface area contributed by atoms with Crippen molar-refractivity contribution in [2.24, 2.45) is 0 Å². The van der Waals surface area contributed by atoms with Gasteiger partial charge in [-0.25, -0.2) is 4.79 Å². The Morgan fingerprint density at radius 3 is 2.00 bits per heavy atom. The van der Waals surface area contributed by atoms with Gasteiger partial charge in [-0.2, -0.15) is 0 Å². The van der Waals surface area contributed by atoms with E-state index in [0.717, 1.165) is 31.5 Å². The highest BCUT2D eigenvalue weighted by Gasteiger charge is 2.27. The van der Waals surface area contributed by atoms with Crippen LogP contribution in [0.4, 0.5) is 4.79 Å². The number of halogens is 1. The molecule has 0 heterocycles. The van der Waals surface area contributed by atoms with Crippen LogP contribution in [0.1, 0.15) is 84.6 Å². The van der Waals surface area contributed by atoms with Crippen molar-refractivity contribution in [1.29, 1.82) is 0 Å². The van der Waals surface area contributed by atoms with Crippen molar-refractivity contribution in [3.63, 3.8) is 0 Å². The van der Waals surface area contributed by atoms with Gasteiger partial charge in [0.1, 0.15) is 0 Å². The van der Waals surface area contributed by atoms with Crippen LogP contribution in [0, 0.1) is 0 Å². The van der Waals surface area contributed by atoms with E-state index in [9.17, 15) is 4.79 Å². The number of unbranched alkanes of at least 4 members (excludes halogenated alkanes) is 6. The molecule has 26 heavy (non-hydrogen) atoms. The second-order valence-corrected chi connectivity index (χ2v) is 8.05. The monoisotopic (exact) mass is 380 g/mol. The molecule has 1 N–H and O–H groups in total. The molecular formula is C22H37ClN2O. The standard InChI is InChI=1S/C22H37ClN2O/c1-5-7-9-13-17-25(18-14-10-8-6-2)21(26)24-22(3,4)19-15-11-12-16-20(19)23/h11-12,15-16H,5-10,13-14,17-18H2,1-4H3,(H,24,26). The van der Waals surface area contributed by atoms with Gasteiger partial charge in [-0.1, -0.05) is 82.2 Å². The smallest absolute Gasteiger partial charge is 0.318 e. The Balaban J connectivity index is 2.70. The minimum Gasteiger partial charge on any atom is -0.329 e. The first-order valence-electron chi connectivity index (χ1n) is 10.2. The Labute approximate surface area is 165 Å². The fourth-order valence-electron chi connectivity index (χ4n) is 3.16. The Kier molecular flexibility index (Phi) is 10.7. The summed E-state index contributed by atoms with van der Waals surface area (Å²) >= 11 is 6.34. The Hall–Kier alpha value is -1.22. The number of carbonyl (C=O) groups is 1. The third-order valence-electron chi connectivity index (χ3n) is 4.82. The summed E-state index contributed by atoms with van der Waals surface area (Å²) in [5, 5.41) is 3.89. The fraction of sp³-hybridized carbons (Fsp3) is 0.682. The molecule has 0 atom stereocenters. The van der Waals surface area contributed by atoms with E-state index in [1.54, 1.807) is 0 Å². The van der Waals surface area contributed by atoms with Crippen molar-refractivity contribution in [3.05, 3.63) is 34.9 Å². The molecule has 0 spiro atoms. The van der Waals surface area contributed by atoms with E-state index in [4.69, 9.17) is 11.6 Å². The van der Waals surface area contributed by atoms with E-state index in [0.29, 0.717) is 5.02 Å². The van der Waals surface area contributed by atoms with Gasteiger partial charge in [-0.3, -0.25) is 0 Å². The molecule has 0 aliphatic heterocycles. The molecule has 0 radical (unpaired) electrons. The SMILES string of the molecule is CCCCCCN(CCCCCC)C(=O)NC(C)(C)c1ccccc1Cl. The van der Waals surface area contributed by atoms with Crippen molar-refractivity contribution in [2.45, 2.75) is 84.6 Å². The minimum absolute atomic E-state index is 0.0166. The maximum atomic E-state index is 12.9. The topological polar surface area (TPSA) is 32.3 Å². The molecule has 0 unspecified atom stereocenters. The van der Waals surface area contributed by atoms with Gasteiger partial charge in [-0.15, -0.1) is 0 Å². The first-order valence-corrected chi connectivity index (χ1v) is 10.6. The Morgan fingerprint density at radius 1 is 0.962 bits per heavy atom. The van der Waals surface area contributed by atoms with Crippen molar-refractivity contribution >= 4 is 17.6 Å². The third-order valence-corrected chi connectivity index (χ3v) is 5.15. The summed E-state index contributed by atoms with van der Waals surface area (Å²) < 4.78 is 0. The number of rotatable bonds is 12. The minimum atomic E-state index is -0.499. The number of hydrogen-bond acceptors (Lipinski definition) is 1. The van der Waals surface area contributed by atoms with Gasteiger partial charge in [0.25, 0.3) is 0 Å². The van der Waals surface area contributed by atoms with Gasteiger partial charge in [0.15, 0.2) is 0 Å². The predicted molar refractivity (Wildman–Crippen MR) is 113 cm³/mol. The number of hydrogen-bond donors (Lipinski definition) is 1. The molecule has 148 valence electrons. The van der Waals surface area contributed by atoms with Crippen LogP contribution in [0.5, 0.6) is 0 Å². The molecule has 0 saturated carbocycles. The van der Waals surface area contributed by atoms with E-state index >= 15 is 0 Å². The van der Waals surface area contributed by atoms with Gasteiger partial charge in [0, 0.05) is 18.1 Å². The van der Waals surface area contributed by atoms with Crippen LogP contribution >= 0.6 is 11.6 Å². The summed E-state index contributed by atoms with van der Waals surface area (Å²) in [6.07, 6.45) is 9.40. The molecule has 1 aromatic rings. The fourth-order valence-corrected chi connectivity index (χ4v) is 3.53. The maximum absolute atomic E-state index is 12.9. The molecule has 0 fully saturated rings. The van der Waals surface area contributed by atoms with Gasteiger partial charge < -0.3 is 10.2 Å². The first kappa shape index (κ1) is 22.8. The van der Waals surface area contributed by atoms with Crippen LogP contribution in [0.25, 0.3) is 0 Å². The lowest BCUT2D eigenvalue weighted by Crippen LogP contribution is -2.49. The van der Waals surface area contributed by atoms with Crippen molar-refractivity contribution in [1.82, 2.24) is 10.2 Å². The molecule has 4 heteroatoms. The molecule has 1 aromatic carbocycles. The summed E-state index contributed by atoms with van der Waals surface area (Å²) in [4.78, 5) is 14.9. The van der Waals surface area contributed by atoms with Crippen LogP contribution in [-0.2, 0) is 5.54 Å². The van der Waals surface area contributed by atoms with Crippen molar-refractivity contribution in [3.8, 4) is 0 Å². The average molecular weight is 381 g/mol. The summed E-state index contributed by atoms with van der Waals surface area (Å²) in [6, 6.07) is 7.75. The van der Waals surface area contributed by atoms with E-state index in [1.165, 1.54) is 38.5 Å². The number of benzene rings is 1. The Bertz CT molecular complexity index is 519. The lowest BCUT2D eigenvalue weighted by molar-refractivity contribution is 0.184.